The number of carbonyl (C=O) groups is 2. The number of aryl methyl sites for hydroxylation is 1. The predicted octanol–water partition coefficient (Wildman–Crippen LogP) is 10.3. The van der Waals surface area contributed by atoms with E-state index >= 15 is 0 Å². The molecule has 6 aromatic rings. The van der Waals surface area contributed by atoms with Crippen LogP contribution in [0.15, 0.2) is 121 Å². The maximum absolute atomic E-state index is 13.3. The molecule has 0 fully saturated rings. The van der Waals surface area contributed by atoms with Crippen molar-refractivity contribution in [3.05, 3.63) is 155 Å². The zero-order valence-electron chi connectivity index (χ0n) is 33.3. The predicted molar refractivity (Wildman–Crippen MR) is 233 cm³/mol. The molecule has 0 bridgehead atoms. The first-order chi connectivity index (χ1) is 28.4. The van der Waals surface area contributed by atoms with Gasteiger partial charge in [-0.15, -0.1) is 0 Å². The summed E-state index contributed by atoms with van der Waals surface area (Å²) in [6.07, 6.45) is 7.66. The van der Waals surface area contributed by atoms with E-state index in [0.29, 0.717) is 30.1 Å². The van der Waals surface area contributed by atoms with Crippen LogP contribution in [0.2, 0.25) is 0 Å². The molecular weight excluding hydrogens is 723 g/mol. The van der Waals surface area contributed by atoms with Gasteiger partial charge in [-0.25, -0.2) is 4.79 Å². The number of benzene rings is 5. The van der Waals surface area contributed by atoms with E-state index in [-0.39, 0.29) is 24.5 Å². The normalized spacial score (nSPS) is 11.9. The second-order valence-corrected chi connectivity index (χ2v) is 15.0. The lowest BCUT2D eigenvalue weighted by Gasteiger charge is -2.14. The summed E-state index contributed by atoms with van der Waals surface area (Å²) in [7, 11) is 0. The van der Waals surface area contributed by atoms with E-state index in [0.717, 1.165) is 60.3 Å². The number of amides is 2. The Morgan fingerprint density at radius 3 is 2.12 bits per heavy atom. The molecule has 1 aliphatic carbocycles. The minimum atomic E-state index is -0.336. The lowest BCUT2D eigenvalue weighted by molar-refractivity contribution is 0.102. The fourth-order valence-electron chi connectivity index (χ4n) is 7.73. The van der Waals surface area contributed by atoms with Crippen LogP contribution in [-0.4, -0.2) is 36.7 Å². The molecule has 0 saturated heterocycles. The zero-order chi connectivity index (χ0) is 40.1. The summed E-state index contributed by atoms with van der Waals surface area (Å²) >= 11 is 0. The SMILES string of the molecule is Cc1cc(N)c2cc(NC(=O)c3ccccc3COc3ccc(CNCCCCCCCCCNC(=O)OCC4c5ccccc5-c5ccccc54)cc3)ccc2n1. The van der Waals surface area contributed by atoms with Gasteiger partial charge in [-0.2, -0.15) is 0 Å². The van der Waals surface area contributed by atoms with E-state index < -0.39 is 0 Å². The highest BCUT2D eigenvalue weighted by atomic mass is 16.5. The molecule has 298 valence electrons. The van der Waals surface area contributed by atoms with Crippen molar-refractivity contribution < 1.29 is 19.1 Å². The lowest BCUT2D eigenvalue weighted by Crippen LogP contribution is -2.27. The highest BCUT2D eigenvalue weighted by Crippen LogP contribution is 2.44. The fourth-order valence-corrected chi connectivity index (χ4v) is 7.73. The summed E-state index contributed by atoms with van der Waals surface area (Å²) in [5, 5.41) is 10.3. The molecule has 9 heteroatoms. The van der Waals surface area contributed by atoms with Gasteiger partial charge >= 0.3 is 6.09 Å². The van der Waals surface area contributed by atoms with E-state index in [1.807, 2.05) is 73.7 Å². The summed E-state index contributed by atoms with van der Waals surface area (Å²) in [6.45, 7) is 4.95. The molecule has 0 saturated carbocycles. The van der Waals surface area contributed by atoms with Gasteiger partial charge in [-0.1, -0.05) is 111 Å². The second-order valence-electron chi connectivity index (χ2n) is 15.0. The Balaban J connectivity index is 0.721. The van der Waals surface area contributed by atoms with Crippen molar-refractivity contribution in [1.82, 2.24) is 15.6 Å². The molecule has 0 radical (unpaired) electrons. The van der Waals surface area contributed by atoms with Crippen molar-refractivity contribution in [3.63, 3.8) is 0 Å². The largest absolute Gasteiger partial charge is 0.489 e. The van der Waals surface area contributed by atoms with E-state index in [1.165, 1.54) is 53.5 Å². The van der Waals surface area contributed by atoms with Crippen LogP contribution >= 0.6 is 0 Å². The third-order valence-corrected chi connectivity index (χ3v) is 10.8. The quantitative estimate of drug-likeness (QED) is 0.0603. The number of alkyl carbamates (subject to hydrolysis) is 1. The maximum atomic E-state index is 13.3. The van der Waals surface area contributed by atoms with Crippen molar-refractivity contribution in [2.45, 2.75) is 70.9 Å². The summed E-state index contributed by atoms with van der Waals surface area (Å²) < 4.78 is 11.7. The van der Waals surface area contributed by atoms with Crippen LogP contribution in [0.5, 0.6) is 5.75 Å². The molecule has 58 heavy (non-hydrogen) atoms. The summed E-state index contributed by atoms with van der Waals surface area (Å²) in [4.78, 5) is 30.2. The number of nitrogen functional groups attached to an aromatic ring is 1. The van der Waals surface area contributed by atoms with E-state index in [9.17, 15) is 9.59 Å². The third-order valence-electron chi connectivity index (χ3n) is 10.8. The number of nitrogens with one attached hydrogen (secondary N) is 3. The lowest BCUT2D eigenvalue weighted by atomic mass is 9.98. The number of carbonyl (C=O) groups excluding carboxylic acids is 2. The van der Waals surface area contributed by atoms with Crippen LogP contribution < -0.4 is 26.4 Å². The van der Waals surface area contributed by atoms with E-state index in [4.69, 9.17) is 15.2 Å². The molecule has 9 nitrogen and oxygen atoms in total. The van der Waals surface area contributed by atoms with Crippen LogP contribution in [0, 0.1) is 6.92 Å². The average molecular weight is 776 g/mol. The number of nitrogens with zero attached hydrogens (tertiary/aromatic N) is 1. The Labute approximate surface area is 341 Å². The van der Waals surface area contributed by atoms with Crippen molar-refractivity contribution in [2.24, 2.45) is 0 Å². The van der Waals surface area contributed by atoms with Crippen molar-refractivity contribution in [1.29, 1.82) is 0 Å². The zero-order valence-corrected chi connectivity index (χ0v) is 33.3. The molecule has 0 unspecified atom stereocenters. The maximum Gasteiger partial charge on any atom is 0.407 e. The molecule has 7 rings (SSSR count). The number of nitrogens with two attached hydrogens (primary N) is 1. The minimum absolute atomic E-state index is 0.0819. The highest BCUT2D eigenvalue weighted by molar-refractivity contribution is 6.06. The molecule has 0 aliphatic heterocycles. The average Bonchev–Trinajstić information content (AvgIpc) is 3.56. The first-order valence-corrected chi connectivity index (χ1v) is 20.5. The van der Waals surface area contributed by atoms with Gasteiger partial charge in [0.25, 0.3) is 5.91 Å². The topological polar surface area (TPSA) is 128 Å². The van der Waals surface area contributed by atoms with E-state index in [2.05, 4.69) is 69.5 Å². The van der Waals surface area contributed by atoms with Crippen LogP contribution in [-0.2, 0) is 17.9 Å². The number of unbranched alkanes of at least 4 members (excludes halogenated alkanes) is 6. The number of fused-ring (bicyclic) bond motifs is 4. The van der Waals surface area contributed by atoms with Gasteiger partial charge in [0, 0.05) is 52.6 Å². The van der Waals surface area contributed by atoms with Crippen molar-refractivity contribution >= 4 is 34.3 Å². The number of hydrogen-bond acceptors (Lipinski definition) is 7. The molecule has 5 N–H and O–H groups in total. The van der Waals surface area contributed by atoms with Gasteiger partial charge in [0.1, 0.15) is 19.0 Å². The Morgan fingerprint density at radius 1 is 0.724 bits per heavy atom. The Hall–Kier alpha value is -6.19. The molecule has 0 spiro atoms. The van der Waals surface area contributed by atoms with Crippen LogP contribution in [0.1, 0.15) is 89.2 Å². The number of ether oxygens (including phenoxy) is 2. The van der Waals surface area contributed by atoms with Crippen molar-refractivity contribution in [3.8, 4) is 16.9 Å². The first kappa shape index (κ1) is 40.0. The van der Waals surface area contributed by atoms with Gasteiger partial charge in [0.05, 0.1) is 5.52 Å². The molecule has 1 heterocycles. The van der Waals surface area contributed by atoms with Crippen LogP contribution in [0.25, 0.3) is 22.0 Å². The number of anilines is 2. The van der Waals surface area contributed by atoms with Gasteiger partial charge in [-0.05, 0) is 96.6 Å². The fraction of sp³-hybridized carbons (Fsp3) is 0.286. The molecule has 0 atom stereocenters. The van der Waals surface area contributed by atoms with E-state index in [1.54, 1.807) is 6.07 Å². The Bertz CT molecular complexity index is 2280. The van der Waals surface area contributed by atoms with Gasteiger partial charge in [0.15, 0.2) is 0 Å². The monoisotopic (exact) mass is 775 g/mol. The Kier molecular flexibility index (Phi) is 13.7. The number of pyridine rings is 1. The molecule has 2 amide bonds. The summed E-state index contributed by atoms with van der Waals surface area (Å²) in [6, 6.07) is 39.7. The molecule has 5 aromatic carbocycles. The molecule has 1 aromatic heterocycles. The van der Waals surface area contributed by atoms with Gasteiger partial charge < -0.3 is 31.2 Å². The van der Waals surface area contributed by atoms with Crippen LogP contribution in [0.4, 0.5) is 16.2 Å². The minimum Gasteiger partial charge on any atom is -0.489 e. The third kappa shape index (κ3) is 10.4. The molecule has 1 aliphatic rings. The summed E-state index contributed by atoms with van der Waals surface area (Å²) in [5.74, 6) is 0.620. The Morgan fingerprint density at radius 2 is 1.38 bits per heavy atom. The van der Waals surface area contributed by atoms with Gasteiger partial charge in [-0.3, -0.25) is 9.78 Å². The van der Waals surface area contributed by atoms with Crippen molar-refractivity contribution in [2.75, 3.05) is 30.7 Å². The highest BCUT2D eigenvalue weighted by Gasteiger charge is 2.29. The smallest absolute Gasteiger partial charge is 0.407 e. The standard InChI is InChI=1S/C49H53N5O4/c1-34-29-46(50)44-30-37(23-26-47(44)53-34)54-48(55)39-16-8-7-15-36(39)32-57-38-24-21-35(22-25-38)31-51-27-13-5-3-2-4-6-14-28-52-49(56)58-33-45-42-19-11-9-17-40(42)41-18-10-12-20-43(41)45/h7-12,15-26,29-30,45,51H,2-6,13-14,27-28,31-33H2,1H3,(H2,50,53)(H,52,56)(H,54,55). The molecular formula is C49H53N5O4. The number of rotatable bonds is 19. The van der Waals surface area contributed by atoms with Crippen LogP contribution in [0.3, 0.4) is 0 Å². The summed E-state index contributed by atoms with van der Waals surface area (Å²) in [5.41, 5.74) is 16.6. The number of aromatic nitrogens is 1. The van der Waals surface area contributed by atoms with Gasteiger partial charge in [0.2, 0.25) is 0 Å². The first-order valence-electron chi connectivity index (χ1n) is 20.5. The second kappa shape index (κ2) is 19.8. The number of hydrogen-bond donors (Lipinski definition) is 4.